The maximum absolute atomic E-state index is 13.3. The van der Waals surface area contributed by atoms with Crippen LogP contribution >= 0.6 is 11.8 Å². The molecule has 0 heterocycles. The number of allylic oxidation sites excluding steroid dienone is 1. The summed E-state index contributed by atoms with van der Waals surface area (Å²) < 4.78 is 26.5. The van der Waals surface area contributed by atoms with Gasteiger partial charge in [-0.25, -0.2) is 8.42 Å². The number of hydrogen-bond acceptors (Lipinski definition) is 5. The Labute approximate surface area is 188 Å². The van der Waals surface area contributed by atoms with E-state index in [1.807, 2.05) is 68.4 Å². The van der Waals surface area contributed by atoms with Crippen LogP contribution in [0.1, 0.15) is 23.6 Å². The molecule has 0 saturated carbocycles. The summed E-state index contributed by atoms with van der Waals surface area (Å²) in [6.07, 6.45) is 0.784. The van der Waals surface area contributed by atoms with E-state index in [9.17, 15) is 13.7 Å². The van der Waals surface area contributed by atoms with E-state index in [1.54, 1.807) is 18.2 Å². The Morgan fingerprint density at radius 1 is 0.968 bits per heavy atom. The Morgan fingerprint density at radius 3 is 2.26 bits per heavy atom. The van der Waals surface area contributed by atoms with Crippen LogP contribution in [-0.2, 0) is 22.0 Å². The predicted octanol–water partition coefficient (Wildman–Crippen LogP) is 6.07. The highest BCUT2D eigenvalue weighted by atomic mass is 32.2. The molecule has 4 nitrogen and oxygen atoms in total. The number of aryl methyl sites for hydroxylation is 2. The van der Waals surface area contributed by atoms with Gasteiger partial charge >= 0.3 is 0 Å². The van der Waals surface area contributed by atoms with Crippen molar-refractivity contribution in [2.24, 2.45) is 0 Å². The lowest BCUT2D eigenvalue weighted by Crippen LogP contribution is -2.11. The average molecular weight is 449 g/mol. The molecule has 0 aliphatic heterocycles. The van der Waals surface area contributed by atoms with E-state index in [1.165, 1.54) is 23.9 Å². The molecule has 0 bridgehead atoms. The van der Waals surface area contributed by atoms with Gasteiger partial charge in [-0.1, -0.05) is 73.2 Å². The van der Waals surface area contributed by atoms with Crippen molar-refractivity contribution in [2.75, 3.05) is 5.32 Å². The number of nitrogens with one attached hydrogen (secondary N) is 1. The summed E-state index contributed by atoms with van der Waals surface area (Å²) in [5.41, 5.74) is 4.05. The molecule has 1 N–H and O–H groups in total. The van der Waals surface area contributed by atoms with Crippen LogP contribution in [0.3, 0.4) is 0 Å². The second-order valence-corrected chi connectivity index (χ2v) is 9.87. The largest absolute Gasteiger partial charge is 0.348 e. The van der Waals surface area contributed by atoms with Crippen molar-refractivity contribution in [3.63, 3.8) is 0 Å². The molecule has 3 rings (SSSR count). The fraction of sp³-hybridized carbons (Fsp3) is 0.160. The van der Waals surface area contributed by atoms with Crippen LogP contribution in [-0.4, -0.2) is 8.42 Å². The molecule has 0 unspecified atom stereocenters. The first-order valence-electron chi connectivity index (χ1n) is 9.93. The highest BCUT2D eigenvalue weighted by Gasteiger charge is 2.25. The third-order valence-corrected chi connectivity index (χ3v) is 7.71. The van der Waals surface area contributed by atoms with Crippen molar-refractivity contribution >= 4 is 27.3 Å². The van der Waals surface area contributed by atoms with E-state index < -0.39 is 9.84 Å². The van der Waals surface area contributed by atoms with Gasteiger partial charge in [-0.3, -0.25) is 0 Å². The Hall–Kier alpha value is -3.01. The van der Waals surface area contributed by atoms with Crippen molar-refractivity contribution < 1.29 is 8.42 Å². The monoisotopic (exact) mass is 448 g/mol. The molecule has 0 aliphatic rings. The summed E-state index contributed by atoms with van der Waals surface area (Å²) in [6, 6.07) is 25.8. The zero-order chi connectivity index (χ0) is 22.3. The summed E-state index contributed by atoms with van der Waals surface area (Å²) in [6.45, 7) is 4.06. The number of nitriles is 1. The zero-order valence-electron chi connectivity index (χ0n) is 17.5. The highest BCUT2D eigenvalue weighted by Crippen LogP contribution is 2.32. The molecular formula is C25H24N2O2S2. The molecule has 0 aromatic heterocycles. The number of anilines is 1. The molecule has 31 heavy (non-hydrogen) atoms. The summed E-state index contributed by atoms with van der Waals surface area (Å²) >= 11 is 1.32. The molecule has 6 heteroatoms. The summed E-state index contributed by atoms with van der Waals surface area (Å²) in [5.74, 6) is 0.534. The molecule has 158 valence electrons. The average Bonchev–Trinajstić information content (AvgIpc) is 2.79. The molecule has 3 aromatic carbocycles. The van der Waals surface area contributed by atoms with Crippen LogP contribution in [0.5, 0.6) is 0 Å². The van der Waals surface area contributed by atoms with Gasteiger partial charge in [0.15, 0.2) is 4.91 Å². The van der Waals surface area contributed by atoms with Crippen LogP contribution < -0.4 is 5.32 Å². The lowest BCUT2D eigenvalue weighted by Gasteiger charge is -2.16. The normalized spacial score (nSPS) is 12.0. The molecule has 0 atom stereocenters. The quantitative estimate of drug-likeness (QED) is 0.424. The minimum Gasteiger partial charge on any atom is -0.348 e. The Balaban J connectivity index is 2.06. The zero-order valence-corrected chi connectivity index (χ0v) is 19.1. The van der Waals surface area contributed by atoms with E-state index in [0.29, 0.717) is 10.8 Å². The molecular weight excluding hydrogens is 424 g/mol. The SMILES string of the molecule is CCc1ccccc1NC(SCc1ccc(C)cc1)=C(C#N)S(=O)(=O)c1ccccc1. The third-order valence-electron chi connectivity index (χ3n) is 4.78. The van der Waals surface area contributed by atoms with Gasteiger partial charge in [0.25, 0.3) is 0 Å². The fourth-order valence-electron chi connectivity index (χ4n) is 3.02. The van der Waals surface area contributed by atoms with E-state index in [0.717, 1.165) is 28.8 Å². The topological polar surface area (TPSA) is 70.0 Å². The van der Waals surface area contributed by atoms with Gasteiger partial charge in [-0.2, -0.15) is 5.26 Å². The van der Waals surface area contributed by atoms with Gasteiger partial charge in [0.1, 0.15) is 11.1 Å². The summed E-state index contributed by atoms with van der Waals surface area (Å²) in [5, 5.41) is 13.5. The van der Waals surface area contributed by atoms with Gasteiger partial charge in [0.2, 0.25) is 9.84 Å². The summed E-state index contributed by atoms with van der Waals surface area (Å²) in [4.78, 5) is -0.174. The molecule has 0 amide bonds. The fourth-order valence-corrected chi connectivity index (χ4v) is 5.56. The molecule has 3 aromatic rings. The van der Waals surface area contributed by atoms with Crippen LogP contribution in [0.15, 0.2) is 93.7 Å². The molecule has 0 saturated heterocycles. The highest BCUT2D eigenvalue weighted by molar-refractivity contribution is 8.04. The number of para-hydroxylation sites is 1. The van der Waals surface area contributed by atoms with Crippen molar-refractivity contribution in [1.29, 1.82) is 5.26 Å². The van der Waals surface area contributed by atoms with Crippen molar-refractivity contribution in [3.05, 3.63) is 105 Å². The van der Waals surface area contributed by atoms with Gasteiger partial charge in [-0.05, 0) is 42.7 Å². The van der Waals surface area contributed by atoms with Gasteiger partial charge in [0.05, 0.1) is 4.90 Å². The number of hydrogen-bond donors (Lipinski definition) is 1. The van der Waals surface area contributed by atoms with Crippen LogP contribution in [0.2, 0.25) is 0 Å². The minimum absolute atomic E-state index is 0.102. The maximum Gasteiger partial charge on any atom is 0.219 e. The predicted molar refractivity (Wildman–Crippen MR) is 128 cm³/mol. The second kappa shape index (κ2) is 10.3. The molecule has 0 radical (unpaired) electrons. The van der Waals surface area contributed by atoms with Crippen molar-refractivity contribution in [1.82, 2.24) is 0 Å². The first kappa shape index (κ1) is 22.7. The van der Waals surface area contributed by atoms with Crippen molar-refractivity contribution in [2.45, 2.75) is 30.9 Å². The first-order chi connectivity index (χ1) is 15.0. The Kier molecular flexibility index (Phi) is 7.56. The Bertz CT molecular complexity index is 1210. The van der Waals surface area contributed by atoms with Gasteiger partial charge in [-0.15, -0.1) is 11.8 Å². The number of rotatable bonds is 8. The van der Waals surface area contributed by atoms with Gasteiger partial charge in [0, 0.05) is 11.4 Å². The maximum atomic E-state index is 13.3. The van der Waals surface area contributed by atoms with Crippen molar-refractivity contribution in [3.8, 4) is 6.07 Å². The van der Waals surface area contributed by atoms with E-state index in [4.69, 9.17) is 0 Å². The Morgan fingerprint density at radius 2 is 1.61 bits per heavy atom. The molecule has 0 fully saturated rings. The number of nitrogens with zero attached hydrogens (tertiary/aromatic N) is 1. The third kappa shape index (κ3) is 5.57. The lowest BCUT2D eigenvalue weighted by atomic mass is 10.1. The minimum atomic E-state index is -3.97. The molecule has 0 aliphatic carbocycles. The smallest absolute Gasteiger partial charge is 0.219 e. The summed E-state index contributed by atoms with van der Waals surface area (Å²) in [7, 11) is -3.97. The van der Waals surface area contributed by atoms with Crippen LogP contribution in [0, 0.1) is 18.3 Å². The van der Waals surface area contributed by atoms with Crippen LogP contribution in [0.4, 0.5) is 5.69 Å². The molecule has 0 spiro atoms. The van der Waals surface area contributed by atoms with Gasteiger partial charge < -0.3 is 5.32 Å². The van der Waals surface area contributed by atoms with E-state index >= 15 is 0 Å². The number of sulfone groups is 1. The van der Waals surface area contributed by atoms with Crippen LogP contribution in [0.25, 0.3) is 0 Å². The first-order valence-corrected chi connectivity index (χ1v) is 12.4. The second-order valence-electron chi connectivity index (χ2n) is 7.00. The standard InChI is InChI=1S/C25H24N2O2S2/c1-3-21-9-7-8-12-23(21)27-25(30-18-20-15-13-19(2)14-16-20)24(17-26)31(28,29)22-10-5-4-6-11-22/h4-16,27H,3,18H2,1-2H3. The van der Waals surface area contributed by atoms with E-state index in [2.05, 4.69) is 5.32 Å². The van der Waals surface area contributed by atoms with E-state index in [-0.39, 0.29) is 9.80 Å². The lowest BCUT2D eigenvalue weighted by molar-refractivity contribution is 0.603. The number of benzene rings is 3. The number of thioether (sulfide) groups is 1.